The second-order valence-corrected chi connectivity index (χ2v) is 6.78. The number of aliphatic imine (C=N–C) groups is 1. The number of rotatable bonds is 5. The van der Waals surface area contributed by atoms with Crippen LogP contribution in [-0.4, -0.2) is 23.1 Å². The maximum Gasteiger partial charge on any atom is 0.416 e. The summed E-state index contributed by atoms with van der Waals surface area (Å²) in [5.74, 6) is 0.688. The number of hydrogen-bond acceptors (Lipinski definition) is 3. The van der Waals surface area contributed by atoms with Crippen molar-refractivity contribution in [3.63, 3.8) is 0 Å². The van der Waals surface area contributed by atoms with Crippen LogP contribution in [0.5, 0.6) is 0 Å². The molecule has 2 nitrogen and oxygen atoms in total. The summed E-state index contributed by atoms with van der Waals surface area (Å²) in [7, 11) is 0. The Labute approximate surface area is 138 Å². The van der Waals surface area contributed by atoms with Crippen molar-refractivity contribution in [1.29, 1.82) is 0 Å². The van der Waals surface area contributed by atoms with E-state index in [9.17, 15) is 18.0 Å². The van der Waals surface area contributed by atoms with Crippen molar-refractivity contribution in [1.82, 2.24) is 0 Å². The number of alkyl halides is 3. The predicted molar refractivity (Wildman–Crippen MR) is 88.0 cm³/mol. The number of thioether (sulfide) groups is 1. The second-order valence-electron chi connectivity index (χ2n) is 5.54. The Morgan fingerprint density at radius 1 is 1.30 bits per heavy atom. The fourth-order valence-electron chi connectivity index (χ4n) is 2.84. The number of nitrogens with zero attached hydrogens (tertiary/aromatic N) is 1. The number of hydrogen-bond donors (Lipinski definition) is 0. The molecule has 1 fully saturated rings. The van der Waals surface area contributed by atoms with Gasteiger partial charge in [0.25, 0.3) is 0 Å². The van der Waals surface area contributed by atoms with Crippen molar-refractivity contribution in [2.45, 2.75) is 38.8 Å². The molecule has 1 saturated carbocycles. The largest absolute Gasteiger partial charge is 0.416 e. The van der Waals surface area contributed by atoms with Crippen molar-refractivity contribution in [2.75, 3.05) is 11.6 Å². The molecule has 0 bridgehead atoms. The van der Waals surface area contributed by atoms with Crippen LogP contribution < -0.4 is 0 Å². The summed E-state index contributed by atoms with van der Waals surface area (Å²) in [5, 5.41) is 0. The third-order valence-corrected chi connectivity index (χ3v) is 4.80. The summed E-state index contributed by atoms with van der Waals surface area (Å²) in [5.41, 5.74) is 0.410. The molecule has 0 spiro atoms. The lowest BCUT2D eigenvalue weighted by atomic mass is 9.92. The van der Waals surface area contributed by atoms with Crippen LogP contribution in [-0.2, 0) is 11.0 Å². The van der Waals surface area contributed by atoms with E-state index >= 15 is 0 Å². The molecule has 0 radical (unpaired) electrons. The smallest absolute Gasteiger partial charge is 0.298 e. The van der Waals surface area contributed by atoms with E-state index in [-0.39, 0.29) is 11.7 Å². The SMILES string of the molecule is CCSCN=C1CC(CC)C(=O)C1c1cccc(C(F)(F)F)c1. The van der Waals surface area contributed by atoms with E-state index in [0.29, 0.717) is 24.3 Å². The van der Waals surface area contributed by atoms with Crippen molar-refractivity contribution < 1.29 is 18.0 Å². The minimum absolute atomic E-state index is 0.00734. The van der Waals surface area contributed by atoms with Gasteiger partial charge in [-0.2, -0.15) is 13.2 Å². The molecule has 23 heavy (non-hydrogen) atoms. The molecule has 0 aliphatic heterocycles. The number of carbonyl (C=O) groups excluding carboxylic acids is 1. The van der Waals surface area contributed by atoms with Crippen LogP contribution in [0.15, 0.2) is 29.3 Å². The topological polar surface area (TPSA) is 29.4 Å². The summed E-state index contributed by atoms with van der Waals surface area (Å²) in [6.07, 6.45) is -3.16. The van der Waals surface area contributed by atoms with Crippen molar-refractivity contribution in [3.05, 3.63) is 35.4 Å². The van der Waals surface area contributed by atoms with Crippen molar-refractivity contribution >= 4 is 23.3 Å². The molecule has 0 heterocycles. The van der Waals surface area contributed by atoms with Crippen LogP contribution in [0, 0.1) is 5.92 Å². The summed E-state index contributed by atoms with van der Waals surface area (Å²) in [6.45, 7) is 3.94. The first-order chi connectivity index (χ1) is 10.9. The standard InChI is InChI=1S/C17H20F3NOS/c1-3-11-9-14(21-10-23-4-2)15(16(11)22)12-6-5-7-13(8-12)17(18,19)20/h5-8,11,15H,3-4,9-10H2,1-2H3. The molecular weight excluding hydrogens is 323 g/mol. The summed E-state index contributed by atoms with van der Waals surface area (Å²) in [6, 6.07) is 5.08. The fourth-order valence-corrected chi connectivity index (χ4v) is 3.28. The Hall–Kier alpha value is -1.30. The van der Waals surface area contributed by atoms with Gasteiger partial charge in [0.15, 0.2) is 0 Å². The van der Waals surface area contributed by atoms with Gasteiger partial charge in [-0.25, -0.2) is 0 Å². The molecular formula is C17H20F3NOS. The lowest BCUT2D eigenvalue weighted by Crippen LogP contribution is -2.16. The highest BCUT2D eigenvalue weighted by atomic mass is 32.2. The van der Waals surface area contributed by atoms with E-state index in [1.165, 1.54) is 6.07 Å². The molecule has 2 atom stereocenters. The second kappa shape index (κ2) is 7.51. The number of ketones is 1. The van der Waals surface area contributed by atoms with E-state index in [4.69, 9.17) is 0 Å². The molecule has 1 aliphatic carbocycles. The van der Waals surface area contributed by atoms with Gasteiger partial charge in [0.05, 0.1) is 17.4 Å². The van der Waals surface area contributed by atoms with Crippen LogP contribution >= 0.6 is 11.8 Å². The summed E-state index contributed by atoms with van der Waals surface area (Å²) < 4.78 is 38.8. The highest BCUT2D eigenvalue weighted by Crippen LogP contribution is 2.37. The Bertz CT molecular complexity index is 598. The molecule has 2 unspecified atom stereocenters. The third-order valence-electron chi connectivity index (χ3n) is 4.08. The molecule has 0 amide bonds. The van der Waals surface area contributed by atoms with Gasteiger partial charge in [0.1, 0.15) is 5.78 Å². The highest BCUT2D eigenvalue weighted by molar-refractivity contribution is 7.99. The van der Waals surface area contributed by atoms with Gasteiger partial charge in [-0.05, 0) is 30.2 Å². The van der Waals surface area contributed by atoms with Gasteiger partial charge in [-0.15, -0.1) is 11.8 Å². The maximum absolute atomic E-state index is 12.9. The zero-order valence-corrected chi connectivity index (χ0v) is 14.0. The number of Topliss-reactive ketones (excluding diaryl/α,β-unsaturated/α-hetero) is 1. The van der Waals surface area contributed by atoms with Crippen molar-refractivity contribution in [2.24, 2.45) is 10.9 Å². The lowest BCUT2D eigenvalue weighted by molar-refractivity contribution is -0.137. The van der Waals surface area contributed by atoms with Gasteiger partial charge >= 0.3 is 6.18 Å². The van der Waals surface area contributed by atoms with Gasteiger partial charge in [-0.3, -0.25) is 9.79 Å². The number of carbonyl (C=O) groups is 1. The molecule has 126 valence electrons. The van der Waals surface area contributed by atoms with Crippen LogP contribution in [0.3, 0.4) is 0 Å². The van der Waals surface area contributed by atoms with Gasteiger partial charge in [-0.1, -0.05) is 32.0 Å². The van der Waals surface area contributed by atoms with Gasteiger partial charge in [0.2, 0.25) is 0 Å². The molecule has 1 aliphatic rings. The zero-order valence-electron chi connectivity index (χ0n) is 13.2. The lowest BCUT2D eigenvalue weighted by Gasteiger charge is -2.14. The van der Waals surface area contributed by atoms with Gasteiger partial charge < -0.3 is 0 Å². The molecule has 0 N–H and O–H groups in total. The average Bonchev–Trinajstić information content (AvgIpc) is 2.83. The van der Waals surface area contributed by atoms with Crippen molar-refractivity contribution in [3.8, 4) is 0 Å². The summed E-state index contributed by atoms with van der Waals surface area (Å²) >= 11 is 1.63. The first kappa shape index (κ1) is 18.0. The van der Waals surface area contributed by atoms with E-state index < -0.39 is 17.7 Å². The molecule has 0 saturated heterocycles. The highest BCUT2D eigenvalue weighted by Gasteiger charge is 2.40. The Morgan fingerprint density at radius 3 is 2.65 bits per heavy atom. The van der Waals surface area contributed by atoms with E-state index in [1.807, 2.05) is 13.8 Å². The van der Waals surface area contributed by atoms with E-state index in [0.717, 1.165) is 23.6 Å². The van der Waals surface area contributed by atoms with Crippen LogP contribution in [0.25, 0.3) is 0 Å². The molecule has 1 aromatic rings. The Balaban J connectivity index is 2.37. The molecule has 1 aromatic carbocycles. The van der Waals surface area contributed by atoms with E-state index in [1.54, 1.807) is 17.8 Å². The quantitative estimate of drug-likeness (QED) is 0.709. The maximum atomic E-state index is 12.9. The van der Waals surface area contributed by atoms with E-state index in [2.05, 4.69) is 4.99 Å². The average molecular weight is 343 g/mol. The first-order valence-electron chi connectivity index (χ1n) is 7.70. The Morgan fingerprint density at radius 2 is 2.04 bits per heavy atom. The zero-order chi connectivity index (χ0) is 17.0. The molecule has 2 rings (SSSR count). The van der Waals surface area contributed by atoms with Crippen LogP contribution in [0.2, 0.25) is 0 Å². The minimum atomic E-state index is -4.41. The predicted octanol–water partition coefficient (Wildman–Crippen LogP) is 4.94. The first-order valence-corrected chi connectivity index (χ1v) is 8.85. The Kier molecular flexibility index (Phi) is 5.89. The van der Waals surface area contributed by atoms with Crippen LogP contribution in [0.4, 0.5) is 13.2 Å². The van der Waals surface area contributed by atoms with Crippen LogP contribution in [0.1, 0.15) is 43.7 Å². The minimum Gasteiger partial charge on any atom is -0.298 e. The summed E-state index contributed by atoms with van der Waals surface area (Å²) in [4.78, 5) is 17.1. The molecule has 0 aromatic heterocycles. The molecule has 6 heteroatoms. The third kappa shape index (κ3) is 4.16. The number of benzene rings is 1. The van der Waals surface area contributed by atoms with Gasteiger partial charge in [0, 0.05) is 11.6 Å². The fraction of sp³-hybridized carbons (Fsp3) is 0.529. The number of halogens is 3. The monoisotopic (exact) mass is 343 g/mol. The normalized spacial score (nSPS) is 23.7.